The van der Waals surface area contributed by atoms with Crippen molar-refractivity contribution in [3.8, 4) is 5.75 Å². The summed E-state index contributed by atoms with van der Waals surface area (Å²) in [6.07, 6.45) is 5.90. The largest absolute Gasteiger partial charge is 0.484 e. The lowest BCUT2D eigenvalue weighted by molar-refractivity contribution is -0.143. The van der Waals surface area contributed by atoms with Crippen LogP contribution in [-0.2, 0) is 22.6 Å². The van der Waals surface area contributed by atoms with Gasteiger partial charge in [0, 0.05) is 19.0 Å². The number of ether oxygens (including phenoxy) is 1. The summed E-state index contributed by atoms with van der Waals surface area (Å²) in [5, 5.41) is 3.29. The average molecular weight is 513 g/mol. The molecule has 4 rings (SSSR count). The summed E-state index contributed by atoms with van der Waals surface area (Å²) in [6.45, 7) is 6.33. The fourth-order valence-corrected chi connectivity index (χ4v) is 5.10. The minimum absolute atomic E-state index is 0.0890. The number of carbonyl (C=O) groups excluding carboxylic acids is 2. The minimum Gasteiger partial charge on any atom is -0.484 e. The second-order valence-corrected chi connectivity index (χ2v) is 10.5. The molecule has 0 heterocycles. The number of hydrogen-bond acceptors (Lipinski definition) is 3. The van der Waals surface area contributed by atoms with Crippen molar-refractivity contribution in [2.45, 2.75) is 77.9 Å². The average Bonchev–Trinajstić information content (AvgIpc) is 2.93. The van der Waals surface area contributed by atoms with E-state index >= 15 is 0 Å². The Bertz CT molecular complexity index is 1220. The van der Waals surface area contributed by atoms with Crippen LogP contribution in [0.3, 0.4) is 0 Å². The van der Waals surface area contributed by atoms with E-state index in [1.165, 1.54) is 12.0 Å². The normalized spacial score (nSPS) is 14.5. The molecule has 1 N–H and O–H groups in total. The van der Waals surface area contributed by atoms with Crippen LogP contribution >= 0.6 is 0 Å². The second-order valence-electron chi connectivity index (χ2n) is 10.5. The molecule has 0 aliphatic heterocycles. The molecular weight excluding hydrogens is 472 g/mol. The van der Waals surface area contributed by atoms with E-state index in [0.717, 1.165) is 47.9 Å². The molecule has 3 aromatic carbocycles. The molecule has 0 unspecified atom stereocenters. The number of carbonyl (C=O) groups is 2. The molecule has 38 heavy (non-hydrogen) atoms. The van der Waals surface area contributed by atoms with Gasteiger partial charge in [-0.1, -0.05) is 79.9 Å². The molecule has 1 aliphatic rings. The van der Waals surface area contributed by atoms with Crippen molar-refractivity contribution in [3.63, 3.8) is 0 Å². The van der Waals surface area contributed by atoms with E-state index in [-0.39, 0.29) is 24.5 Å². The number of benzene rings is 3. The maximum Gasteiger partial charge on any atom is 0.261 e. The quantitative estimate of drug-likeness (QED) is 0.358. The van der Waals surface area contributed by atoms with Crippen LogP contribution in [-0.4, -0.2) is 35.4 Å². The number of amides is 2. The van der Waals surface area contributed by atoms with Crippen LogP contribution < -0.4 is 10.1 Å². The van der Waals surface area contributed by atoms with Gasteiger partial charge >= 0.3 is 0 Å². The lowest BCUT2D eigenvalue weighted by atomic mass is 9.94. The van der Waals surface area contributed by atoms with E-state index < -0.39 is 6.04 Å². The van der Waals surface area contributed by atoms with Crippen molar-refractivity contribution in [2.75, 3.05) is 6.61 Å². The Labute approximate surface area is 227 Å². The highest BCUT2D eigenvalue weighted by Gasteiger charge is 2.32. The van der Waals surface area contributed by atoms with Crippen molar-refractivity contribution in [1.29, 1.82) is 0 Å². The van der Waals surface area contributed by atoms with Crippen LogP contribution in [0.1, 0.15) is 59.9 Å². The van der Waals surface area contributed by atoms with Gasteiger partial charge in [-0.15, -0.1) is 0 Å². The van der Waals surface area contributed by atoms with E-state index in [2.05, 4.69) is 5.32 Å². The third-order valence-corrected chi connectivity index (χ3v) is 7.67. The first-order chi connectivity index (χ1) is 18.4. The predicted molar refractivity (Wildman–Crippen MR) is 152 cm³/mol. The van der Waals surface area contributed by atoms with Crippen molar-refractivity contribution in [2.24, 2.45) is 0 Å². The molecule has 2 amide bonds. The summed E-state index contributed by atoms with van der Waals surface area (Å²) >= 11 is 0. The Morgan fingerprint density at radius 3 is 2.29 bits per heavy atom. The van der Waals surface area contributed by atoms with Crippen LogP contribution in [0.4, 0.5) is 0 Å². The van der Waals surface area contributed by atoms with E-state index in [1.54, 1.807) is 4.90 Å². The molecule has 1 saturated carbocycles. The lowest BCUT2D eigenvalue weighted by Gasteiger charge is -2.33. The van der Waals surface area contributed by atoms with Gasteiger partial charge < -0.3 is 15.0 Å². The maximum absolute atomic E-state index is 13.8. The maximum atomic E-state index is 13.8. The predicted octanol–water partition coefficient (Wildman–Crippen LogP) is 6.08. The van der Waals surface area contributed by atoms with Gasteiger partial charge in [-0.05, 0) is 73.6 Å². The molecule has 0 bridgehead atoms. The van der Waals surface area contributed by atoms with Crippen molar-refractivity contribution >= 4 is 11.8 Å². The van der Waals surface area contributed by atoms with Gasteiger partial charge in [-0.2, -0.15) is 0 Å². The minimum atomic E-state index is -0.644. The van der Waals surface area contributed by atoms with E-state index in [1.807, 2.05) is 93.6 Å². The van der Waals surface area contributed by atoms with Crippen LogP contribution in [0.15, 0.2) is 72.8 Å². The number of aryl methyl sites for hydroxylation is 3. The molecular formula is C33H40N2O3. The summed E-state index contributed by atoms with van der Waals surface area (Å²) in [4.78, 5) is 29.4. The zero-order valence-corrected chi connectivity index (χ0v) is 22.9. The van der Waals surface area contributed by atoms with E-state index in [9.17, 15) is 9.59 Å². The molecule has 1 aliphatic carbocycles. The molecule has 0 saturated heterocycles. The van der Waals surface area contributed by atoms with Gasteiger partial charge in [-0.25, -0.2) is 0 Å². The molecule has 3 aromatic rings. The summed E-state index contributed by atoms with van der Waals surface area (Å²) in [5.74, 6) is 0.364. The summed E-state index contributed by atoms with van der Waals surface area (Å²) in [7, 11) is 0. The SMILES string of the molecule is Cc1ccc(OCC(=O)N(Cc2ccccc2C)[C@@H](Cc2ccccc2)C(=O)NC2CCCCC2)cc1C. The monoisotopic (exact) mass is 512 g/mol. The van der Waals surface area contributed by atoms with Gasteiger partial charge in [0.05, 0.1) is 0 Å². The third-order valence-electron chi connectivity index (χ3n) is 7.67. The van der Waals surface area contributed by atoms with Crippen LogP contribution in [0, 0.1) is 20.8 Å². The van der Waals surface area contributed by atoms with Crippen LogP contribution in [0.25, 0.3) is 0 Å². The topological polar surface area (TPSA) is 58.6 Å². The smallest absolute Gasteiger partial charge is 0.261 e. The number of rotatable bonds is 10. The van der Waals surface area contributed by atoms with Gasteiger partial charge in [-0.3, -0.25) is 9.59 Å². The highest BCUT2D eigenvalue weighted by molar-refractivity contribution is 5.88. The van der Waals surface area contributed by atoms with Gasteiger partial charge in [0.25, 0.3) is 5.91 Å². The summed E-state index contributed by atoms with van der Waals surface area (Å²) < 4.78 is 5.96. The zero-order valence-electron chi connectivity index (χ0n) is 22.9. The number of nitrogens with one attached hydrogen (secondary N) is 1. The first-order valence-corrected chi connectivity index (χ1v) is 13.8. The summed E-state index contributed by atoms with van der Waals surface area (Å²) in [5.41, 5.74) is 5.42. The van der Waals surface area contributed by atoms with Crippen molar-refractivity contribution in [3.05, 3.63) is 101 Å². The van der Waals surface area contributed by atoms with E-state index in [0.29, 0.717) is 18.7 Å². The first kappa shape index (κ1) is 27.4. The van der Waals surface area contributed by atoms with Crippen molar-refractivity contribution in [1.82, 2.24) is 10.2 Å². The Hall–Kier alpha value is -3.60. The molecule has 1 atom stereocenters. The Morgan fingerprint density at radius 1 is 0.868 bits per heavy atom. The third kappa shape index (κ3) is 7.47. The summed E-state index contributed by atoms with van der Waals surface area (Å²) in [6, 6.07) is 23.3. The Kier molecular flexibility index (Phi) is 9.58. The second kappa shape index (κ2) is 13.3. The molecule has 5 nitrogen and oxygen atoms in total. The van der Waals surface area contributed by atoms with Crippen molar-refractivity contribution < 1.29 is 14.3 Å². The zero-order chi connectivity index (χ0) is 26.9. The first-order valence-electron chi connectivity index (χ1n) is 13.8. The van der Waals surface area contributed by atoms with Gasteiger partial charge in [0.2, 0.25) is 5.91 Å². The number of hydrogen-bond donors (Lipinski definition) is 1. The highest BCUT2D eigenvalue weighted by Crippen LogP contribution is 2.21. The van der Waals surface area contributed by atoms with Gasteiger partial charge in [0.1, 0.15) is 11.8 Å². The van der Waals surface area contributed by atoms with Gasteiger partial charge in [0.15, 0.2) is 6.61 Å². The molecule has 0 aromatic heterocycles. The number of nitrogens with zero attached hydrogens (tertiary/aromatic N) is 1. The standard InChI is InChI=1S/C33H40N2O3/c1-24-18-19-30(20-26(24)3)38-23-32(36)35(22-28-15-11-10-12-25(28)2)31(21-27-13-6-4-7-14-27)33(37)34-29-16-8-5-9-17-29/h4,6-7,10-15,18-20,29,31H,5,8-9,16-17,21-23H2,1-3H3,(H,34,37)/t31-/m0/s1. The Balaban J connectivity index is 1.62. The molecule has 5 heteroatoms. The molecule has 0 radical (unpaired) electrons. The van der Waals surface area contributed by atoms with Crippen LogP contribution in [0.2, 0.25) is 0 Å². The van der Waals surface area contributed by atoms with E-state index in [4.69, 9.17) is 4.74 Å². The fourth-order valence-electron chi connectivity index (χ4n) is 5.10. The fraction of sp³-hybridized carbons (Fsp3) is 0.394. The lowest BCUT2D eigenvalue weighted by Crippen LogP contribution is -2.53. The molecule has 1 fully saturated rings. The highest BCUT2D eigenvalue weighted by atomic mass is 16.5. The molecule has 0 spiro atoms. The Morgan fingerprint density at radius 2 is 1.58 bits per heavy atom. The van der Waals surface area contributed by atoms with Crippen LogP contribution in [0.5, 0.6) is 5.75 Å². The molecule has 200 valence electrons.